The number of carbonyl (C=O) groups is 1. The first-order valence-electron chi connectivity index (χ1n) is 12.7. The van der Waals surface area contributed by atoms with Gasteiger partial charge in [0.05, 0.1) is 24.3 Å². The number of nitrogens with zero attached hydrogens (tertiary/aromatic N) is 3. The molecule has 0 aliphatic heterocycles. The van der Waals surface area contributed by atoms with E-state index in [1.165, 1.54) is 12.1 Å². The van der Waals surface area contributed by atoms with E-state index < -0.39 is 22.5 Å². The fourth-order valence-electron chi connectivity index (χ4n) is 4.31. The summed E-state index contributed by atoms with van der Waals surface area (Å²) in [7, 11) is -3.95. The first-order valence-corrected chi connectivity index (χ1v) is 15.0. The van der Waals surface area contributed by atoms with Crippen molar-refractivity contribution in [3.05, 3.63) is 112 Å². The molecule has 0 saturated carbocycles. The molecule has 0 saturated heterocycles. The first kappa shape index (κ1) is 29.3. The molecule has 0 unspecified atom stereocenters. The number of ether oxygens (including phenoxy) is 1. The zero-order valence-corrected chi connectivity index (χ0v) is 24.9. The number of sulfonamides is 1. The predicted octanol–water partition coefficient (Wildman–Crippen LogP) is 5.60. The van der Waals surface area contributed by atoms with Crippen LogP contribution in [0.1, 0.15) is 29.4 Å². The average molecular weight is 624 g/mol. The minimum absolute atomic E-state index is 0.0413. The van der Waals surface area contributed by atoms with Gasteiger partial charge in [-0.3, -0.25) is 4.79 Å². The van der Waals surface area contributed by atoms with Gasteiger partial charge in [-0.2, -0.15) is 9.41 Å². The molecular formula is C30H31BrN4O4S. The summed E-state index contributed by atoms with van der Waals surface area (Å²) in [5.41, 5.74) is 7.02. The van der Waals surface area contributed by atoms with E-state index in [2.05, 4.69) is 31.0 Å². The van der Waals surface area contributed by atoms with Gasteiger partial charge >= 0.3 is 0 Å². The molecule has 4 rings (SSSR count). The number of hydrogen-bond donors (Lipinski definition) is 1. The highest BCUT2D eigenvalue weighted by Gasteiger charge is 2.27. The van der Waals surface area contributed by atoms with Crippen LogP contribution in [0.25, 0.3) is 5.69 Å². The van der Waals surface area contributed by atoms with Gasteiger partial charge in [0.25, 0.3) is 5.91 Å². The molecular weight excluding hydrogens is 592 g/mol. The third-order valence-corrected chi connectivity index (χ3v) is 8.58. The van der Waals surface area contributed by atoms with Crippen LogP contribution in [0.2, 0.25) is 0 Å². The molecule has 0 atom stereocenters. The van der Waals surface area contributed by atoms with Crippen molar-refractivity contribution in [1.82, 2.24) is 14.3 Å². The molecule has 1 aromatic heterocycles. The molecule has 1 N–H and O–H groups in total. The van der Waals surface area contributed by atoms with E-state index in [0.717, 1.165) is 42.7 Å². The number of hydrazone groups is 1. The Kier molecular flexibility index (Phi) is 9.57. The maximum Gasteiger partial charge on any atom is 0.255 e. The van der Waals surface area contributed by atoms with E-state index in [4.69, 9.17) is 4.74 Å². The van der Waals surface area contributed by atoms with Gasteiger partial charge in [0, 0.05) is 33.7 Å². The lowest BCUT2D eigenvalue weighted by Crippen LogP contribution is -2.39. The van der Waals surface area contributed by atoms with Crippen molar-refractivity contribution in [1.29, 1.82) is 0 Å². The minimum Gasteiger partial charge on any atom is -0.494 e. The largest absolute Gasteiger partial charge is 0.494 e. The smallest absolute Gasteiger partial charge is 0.255 e. The zero-order chi connectivity index (χ0) is 28.7. The summed E-state index contributed by atoms with van der Waals surface area (Å²) < 4.78 is 36.4. The van der Waals surface area contributed by atoms with Crippen molar-refractivity contribution >= 4 is 38.1 Å². The Bertz CT molecular complexity index is 1580. The second-order valence-corrected chi connectivity index (χ2v) is 11.9. The quantitative estimate of drug-likeness (QED) is 0.174. The topological polar surface area (TPSA) is 93.0 Å². The number of benzene rings is 3. The number of amides is 1. The summed E-state index contributed by atoms with van der Waals surface area (Å²) in [5, 5.41) is 4.13. The number of halogens is 1. The van der Waals surface area contributed by atoms with Crippen LogP contribution < -0.4 is 10.2 Å². The molecule has 40 heavy (non-hydrogen) atoms. The standard InChI is InChI=1S/C30H31BrN4O4S/c1-4-39-28-14-12-27(13-15-28)35-22(2)18-25(23(35)3)19-32-33-30(36)21-34(20-24-8-6-5-7-9-24)40(37,38)29-16-10-26(31)11-17-29/h5-19H,4,20-21H2,1-3H3,(H,33,36)/b32-19+. The number of aryl methyl sites for hydroxylation is 1. The Morgan fingerprint density at radius 3 is 2.35 bits per heavy atom. The first-order chi connectivity index (χ1) is 19.2. The Hall–Kier alpha value is -3.73. The molecule has 8 nitrogen and oxygen atoms in total. The highest BCUT2D eigenvalue weighted by Crippen LogP contribution is 2.23. The van der Waals surface area contributed by atoms with E-state index in [1.54, 1.807) is 18.3 Å². The van der Waals surface area contributed by atoms with E-state index >= 15 is 0 Å². The van der Waals surface area contributed by atoms with Crippen LogP contribution in [0.4, 0.5) is 0 Å². The van der Waals surface area contributed by atoms with Crippen molar-refractivity contribution in [3.63, 3.8) is 0 Å². The van der Waals surface area contributed by atoms with Gasteiger partial charge in [0.15, 0.2) is 0 Å². The lowest BCUT2D eigenvalue weighted by molar-refractivity contribution is -0.121. The minimum atomic E-state index is -3.95. The van der Waals surface area contributed by atoms with Crippen molar-refractivity contribution in [3.8, 4) is 11.4 Å². The summed E-state index contributed by atoms with van der Waals surface area (Å²) >= 11 is 3.33. The van der Waals surface area contributed by atoms with Crippen LogP contribution in [0.3, 0.4) is 0 Å². The van der Waals surface area contributed by atoms with Gasteiger partial charge in [-0.25, -0.2) is 13.8 Å². The van der Waals surface area contributed by atoms with E-state index in [1.807, 2.05) is 81.4 Å². The van der Waals surface area contributed by atoms with Crippen LogP contribution >= 0.6 is 15.9 Å². The van der Waals surface area contributed by atoms with E-state index in [0.29, 0.717) is 6.61 Å². The Labute approximate surface area is 243 Å². The number of aromatic nitrogens is 1. The molecule has 208 valence electrons. The monoisotopic (exact) mass is 622 g/mol. The molecule has 0 fully saturated rings. The normalized spacial score (nSPS) is 11.7. The average Bonchev–Trinajstić information content (AvgIpc) is 3.22. The van der Waals surface area contributed by atoms with Crippen LogP contribution in [-0.4, -0.2) is 42.6 Å². The molecule has 4 aromatic rings. The second kappa shape index (κ2) is 13.1. The predicted molar refractivity (Wildman–Crippen MR) is 160 cm³/mol. The third-order valence-electron chi connectivity index (χ3n) is 6.24. The highest BCUT2D eigenvalue weighted by molar-refractivity contribution is 9.10. The molecule has 1 amide bonds. The molecule has 10 heteroatoms. The Balaban J connectivity index is 1.49. The molecule has 1 heterocycles. The van der Waals surface area contributed by atoms with Gasteiger partial charge in [-0.15, -0.1) is 0 Å². The zero-order valence-electron chi connectivity index (χ0n) is 22.5. The van der Waals surface area contributed by atoms with Gasteiger partial charge < -0.3 is 9.30 Å². The van der Waals surface area contributed by atoms with E-state index in [-0.39, 0.29) is 11.4 Å². The fourth-order valence-corrected chi connectivity index (χ4v) is 5.96. The second-order valence-electron chi connectivity index (χ2n) is 9.09. The Morgan fingerprint density at radius 2 is 1.70 bits per heavy atom. The fraction of sp³-hybridized carbons (Fsp3) is 0.200. The van der Waals surface area contributed by atoms with Gasteiger partial charge in [0.1, 0.15) is 5.75 Å². The number of nitrogens with one attached hydrogen (secondary N) is 1. The highest BCUT2D eigenvalue weighted by atomic mass is 79.9. The van der Waals surface area contributed by atoms with Crippen LogP contribution in [0.5, 0.6) is 5.75 Å². The maximum atomic E-state index is 13.4. The van der Waals surface area contributed by atoms with Crippen LogP contribution in [-0.2, 0) is 21.4 Å². The molecule has 0 spiro atoms. The number of rotatable bonds is 11. The summed E-state index contributed by atoms with van der Waals surface area (Å²) in [5.74, 6) is 0.259. The van der Waals surface area contributed by atoms with Gasteiger partial charge in [-0.1, -0.05) is 46.3 Å². The summed E-state index contributed by atoms with van der Waals surface area (Å²) in [6, 6.07) is 25.3. The number of carbonyl (C=O) groups excluding carboxylic acids is 1. The van der Waals surface area contributed by atoms with Gasteiger partial charge in [-0.05, 0) is 80.9 Å². The SMILES string of the molecule is CCOc1ccc(-n2c(C)cc(/C=N/NC(=O)CN(Cc3ccccc3)S(=O)(=O)c3ccc(Br)cc3)c2C)cc1. The summed E-state index contributed by atoms with van der Waals surface area (Å²) in [6.07, 6.45) is 1.57. The maximum absolute atomic E-state index is 13.4. The lowest BCUT2D eigenvalue weighted by atomic mass is 10.2. The molecule has 3 aromatic carbocycles. The number of hydrogen-bond acceptors (Lipinski definition) is 5. The lowest BCUT2D eigenvalue weighted by Gasteiger charge is -2.21. The molecule has 0 aliphatic rings. The van der Waals surface area contributed by atoms with Crippen molar-refractivity contribution in [2.75, 3.05) is 13.2 Å². The van der Waals surface area contributed by atoms with Crippen molar-refractivity contribution in [2.24, 2.45) is 5.10 Å². The molecule has 0 bridgehead atoms. The van der Waals surface area contributed by atoms with Crippen LogP contribution in [0.15, 0.2) is 99.4 Å². The summed E-state index contributed by atoms with van der Waals surface area (Å²) in [6.45, 7) is 6.16. The molecule has 0 radical (unpaired) electrons. The van der Waals surface area contributed by atoms with Gasteiger partial charge in [0.2, 0.25) is 10.0 Å². The summed E-state index contributed by atoms with van der Waals surface area (Å²) in [4.78, 5) is 13.0. The van der Waals surface area contributed by atoms with Crippen LogP contribution in [0, 0.1) is 13.8 Å². The van der Waals surface area contributed by atoms with Crippen molar-refractivity contribution in [2.45, 2.75) is 32.2 Å². The Morgan fingerprint density at radius 1 is 1.02 bits per heavy atom. The van der Waals surface area contributed by atoms with E-state index in [9.17, 15) is 13.2 Å². The molecule has 0 aliphatic carbocycles. The van der Waals surface area contributed by atoms with Crippen molar-refractivity contribution < 1.29 is 17.9 Å². The third kappa shape index (κ3) is 7.07.